The van der Waals surface area contributed by atoms with E-state index in [0.29, 0.717) is 11.1 Å². The van der Waals surface area contributed by atoms with Crippen molar-refractivity contribution in [2.45, 2.75) is 127 Å². The van der Waals surface area contributed by atoms with Crippen molar-refractivity contribution in [1.29, 1.82) is 10.5 Å². The zero-order valence-corrected chi connectivity index (χ0v) is 39.9. The molecule has 0 atom stereocenters. The van der Waals surface area contributed by atoms with Crippen molar-refractivity contribution in [3.8, 4) is 34.4 Å². The van der Waals surface area contributed by atoms with Gasteiger partial charge in [-0.25, -0.2) is 0 Å². The van der Waals surface area contributed by atoms with E-state index in [1.165, 1.54) is 134 Å². The van der Waals surface area contributed by atoms with Crippen LogP contribution in [0.2, 0.25) is 0 Å². The first-order valence-corrected chi connectivity index (χ1v) is 26.0. The average molecular weight is 896 g/mol. The molecule has 324 valence electrons. The Morgan fingerprint density at radius 3 is 0.875 bits per heavy atom. The molecule has 0 radical (unpaired) electrons. The molecule has 0 aromatic heterocycles. The van der Waals surface area contributed by atoms with Crippen LogP contribution in [0.15, 0.2) is 139 Å². The van der Waals surface area contributed by atoms with Crippen molar-refractivity contribution in [1.82, 2.24) is 0 Å². The van der Waals surface area contributed by atoms with E-state index < -0.39 is 0 Å². The van der Waals surface area contributed by atoms with E-state index in [1.807, 2.05) is 23.9 Å². The van der Waals surface area contributed by atoms with Crippen LogP contribution < -0.4 is 14.7 Å². The molecule has 0 unspecified atom stereocenters. The summed E-state index contributed by atoms with van der Waals surface area (Å²) in [5.41, 5.74) is 13.8. The highest BCUT2D eigenvalue weighted by Crippen LogP contribution is 2.54. The molecule has 0 saturated carbocycles. The number of hydrogen-bond acceptors (Lipinski definition) is 8. The number of nitrogens with zero attached hydrogens (tertiary/aromatic N) is 5. The van der Waals surface area contributed by atoms with Gasteiger partial charge in [0.05, 0.1) is 57.4 Å². The van der Waals surface area contributed by atoms with E-state index in [4.69, 9.17) is 0 Å². The van der Waals surface area contributed by atoms with Crippen LogP contribution >= 0.6 is 35.3 Å². The summed E-state index contributed by atoms with van der Waals surface area (Å²) in [5, 5.41) is 19.5. The van der Waals surface area contributed by atoms with Crippen LogP contribution in [-0.2, 0) is 0 Å². The number of fused-ring (bicyclic) bond motifs is 6. The Morgan fingerprint density at radius 1 is 0.344 bits per heavy atom. The second-order valence-electron chi connectivity index (χ2n) is 17.3. The third kappa shape index (κ3) is 9.16. The van der Waals surface area contributed by atoms with Gasteiger partial charge < -0.3 is 14.7 Å². The lowest BCUT2D eigenvalue weighted by Crippen LogP contribution is -2.22. The van der Waals surface area contributed by atoms with Crippen molar-refractivity contribution < 1.29 is 0 Å². The second kappa shape index (κ2) is 20.3. The quantitative estimate of drug-likeness (QED) is 0.0840. The van der Waals surface area contributed by atoms with Gasteiger partial charge in [-0.15, -0.1) is 0 Å². The Kier molecular flexibility index (Phi) is 13.9. The van der Waals surface area contributed by atoms with Crippen molar-refractivity contribution in [3.63, 3.8) is 0 Å². The summed E-state index contributed by atoms with van der Waals surface area (Å²) in [5.74, 6) is 0. The first kappa shape index (κ1) is 44.0. The molecule has 3 aliphatic rings. The molecule has 0 aliphatic carbocycles. The molecular weight excluding hydrogens is 839 g/mol. The summed E-state index contributed by atoms with van der Waals surface area (Å²) in [7, 11) is 0. The largest absolute Gasteiger partial charge is 0.340 e. The predicted molar refractivity (Wildman–Crippen MR) is 272 cm³/mol. The van der Waals surface area contributed by atoms with E-state index in [-0.39, 0.29) is 0 Å². The zero-order chi connectivity index (χ0) is 44.0. The number of anilines is 6. The lowest BCUT2D eigenvalue weighted by Gasteiger charge is -2.34. The van der Waals surface area contributed by atoms with Crippen LogP contribution in [0.25, 0.3) is 22.3 Å². The first-order chi connectivity index (χ1) is 31.5. The van der Waals surface area contributed by atoms with Gasteiger partial charge in [-0.2, -0.15) is 10.5 Å². The fraction of sp³-hybridized carbons (Fsp3) is 0.321. The maximum atomic E-state index is 9.76. The third-order valence-electron chi connectivity index (χ3n) is 12.8. The Balaban J connectivity index is 1.03. The monoisotopic (exact) mass is 895 g/mol. The topological polar surface area (TPSA) is 57.3 Å². The van der Waals surface area contributed by atoms with E-state index in [1.54, 1.807) is 23.5 Å². The Morgan fingerprint density at radius 2 is 0.609 bits per heavy atom. The van der Waals surface area contributed by atoms with Gasteiger partial charge in [-0.05, 0) is 126 Å². The molecule has 3 heterocycles. The van der Waals surface area contributed by atoms with Gasteiger partial charge in [0.15, 0.2) is 0 Å². The predicted octanol–water partition coefficient (Wildman–Crippen LogP) is 17.3. The minimum Gasteiger partial charge on any atom is -0.340 e. The Bertz CT molecular complexity index is 2570. The number of hydrogen-bond donors (Lipinski definition) is 0. The lowest BCUT2D eigenvalue weighted by atomic mass is 10.0. The van der Waals surface area contributed by atoms with Gasteiger partial charge in [-0.3, -0.25) is 0 Å². The third-order valence-corrected chi connectivity index (χ3v) is 16.1. The van der Waals surface area contributed by atoms with Crippen LogP contribution in [0.1, 0.15) is 109 Å². The SMILES string of the molecule is CCCCCCN1c2ccc(C#N)cc2Sc2cc(-c3ccc4c(c3)Sc3cc(-c5ccc6c(c5)Sc5cc(C#N)ccc5N6CCCCCC)ccc3N4CCCCCC)ccc21. The van der Waals surface area contributed by atoms with E-state index in [0.717, 1.165) is 48.7 Å². The molecule has 6 aromatic rings. The van der Waals surface area contributed by atoms with Crippen molar-refractivity contribution >= 4 is 69.4 Å². The molecule has 5 nitrogen and oxygen atoms in total. The smallest absolute Gasteiger partial charge is 0.0992 e. The highest BCUT2D eigenvalue weighted by atomic mass is 32.2. The fourth-order valence-corrected chi connectivity index (χ4v) is 12.9. The molecule has 0 fully saturated rings. The van der Waals surface area contributed by atoms with Crippen LogP contribution in [0.4, 0.5) is 34.1 Å². The molecule has 0 saturated heterocycles. The summed E-state index contributed by atoms with van der Waals surface area (Å²) in [4.78, 5) is 14.9. The van der Waals surface area contributed by atoms with Crippen LogP contribution in [0, 0.1) is 22.7 Å². The summed E-state index contributed by atoms with van der Waals surface area (Å²) in [6.45, 7) is 9.73. The molecule has 0 bridgehead atoms. The highest BCUT2D eigenvalue weighted by Gasteiger charge is 2.28. The van der Waals surface area contributed by atoms with Gasteiger partial charge in [0, 0.05) is 49.0 Å². The van der Waals surface area contributed by atoms with E-state index >= 15 is 0 Å². The van der Waals surface area contributed by atoms with Crippen LogP contribution in [-0.4, -0.2) is 19.6 Å². The van der Waals surface area contributed by atoms with Crippen LogP contribution in [0.3, 0.4) is 0 Å². The molecule has 64 heavy (non-hydrogen) atoms. The van der Waals surface area contributed by atoms with Gasteiger partial charge in [0.2, 0.25) is 0 Å². The maximum Gasteiger partial charge on any atom is 0.0992 e. The number of unbranched alkanes of at least 4 members (excludes halogenated alkanes) is 9. The summed E-state index contributed by atoms with van der Waals surface area (Å²) >= 11 is 5.47. The number of rotatable bonds is 17. The molecule has 0 amide bonds. The fourth-order valence-electron chi connectivity index (χ4n) is 9.33. The average Bonchev–Trinajstić information content (AvgIpc) is 3.33. The summed E-state index contributed by atoms with van der Waals surface area (Å²) in [6, 6.07) is 45.1. The minimum absolute atomic E-state index is 0.706. The van der Waals surface area contributed by atoms with Crippen molar-refractivity contribution in [3.05, 3.63) is 120 Å². The molecule has 0 spiro atoms. The van der Waals surface area contributed by atoms with E-state index in [2.05, 4.69) is 145 Å². The van der Waals surface area contributed by atoms with Crippen molar-refractivity contribution in [2.24, 2.45) is 0 Å². The molecule has 0 N–H and O–H groups in total. The van der Waals surface area contributed by atoms with Gasteiger partial charge >= 0.3 is 0 Å². The van der Waals surface area contributed by atoms with Gasteiger partial charge in [0.1, 0.15) is 0 Å². The molecule has 8 heteroatoms. The standard InChI is InChI=1S/C56H57N5S3/c1-4-7-10-13-28-59-45-22-16-39(37-57)31-51(45)62-53-33-41(18-24-47(53)59)43-20-26-49-55(35-43)64-56-36-44(21-27-50(56)61(49)30-15-12-9-6-3)42-19-25-48-54(34-42)63-52-32-40(38-58)17-23-46(52)60(48)29-14-11-8-5-2/h16-27,31-36H,4-15,28-30H2,1-3H3. The van der Waals surface area contributed by atoms with Gasteiger partial charge in [-0.1, -0.05) is 138 Å². The zero-order valence-electron chi connectivity index (χ0n) is 37.5. The van der Waals surface area contributed by atoms with Crippen LogP contribution in [0.5, 0.6) is 0 Å². The molecule has 9 rings (SSSR count). The van der Waals surface area contributed by atoms with Gasteiger partial charge in [0.25, 0.3) is 0 Å². The highest BCUT2D eigenvalue weighted by molar-refractivity contribution is 8.00. The first-order valence-electron chi connectivity index (χ1n) is 23.5. The molecular formula is C56H57N5S3. The summed E-state index contributed by atoms with van der Waals surface area (Å²) in [6.07, 6.45) is 14.5. The Hall–Kier alpha value is -5.25. The van der Waals surface area contributed by atoms with E-state index in [9.17, 15) is 10.5 Å². The molecule has 3 aliphatic heterocycles. The Labute approximate surface area is 393 Å². The second-order valence-corrected chi connectivity index (χ2v) is 20.5. The van der Waals surface area contributed by atoms with Crippen molar-refractivity contribution in [2.75, 3.05) is 34.3 Å². The lowest BCUT2D eigenvalue weighted by molar-refractivity contribution is 0.665. The maximum absolute atomic E-state index is 9.76. The minimum atomic E-state index is 0.706. The number of nitriles is 2. The summed E-state index contributed by atoms with van der Waals surface area (Å²) < 4.78 is 0. The normalized spacial score (nSPS) is 13.2. The number of benzene rings is 6. The molecule has 6 aromatic carbocycles.